The minimum Gasteiger partial charge on any atom is -0.492 e. The van der Waals surface area contributed by atoms with Gasteiger partial charge in [-0.2, -0.15) is 0 Å². The smallest absolute Gasteiger partial charge is 0.147 e. The van der Waals surface area contributed by atoms with Crippen molar-refractivity contribution in [1.29, 1.82) is 0 Å². The molecule has 2 rings (SSSR count). The van der Waals surface area contributed by atoms with Crippen LogP contribution in [0.15, 0.2) is 26.1 Å². The molecule has 0 saturated heterocycles. The van der Waals surface area contributed by atoms with E-state index in [0.29, 0.717) is 6.61 Å². The summed E-state index contributed by atoms with van der Waals surface area (Å²) in [6.45, 7) is 4.48. The summed E-state index contributed by atoms with van der Waals surface area (Å²) >= 11 is 7.07. The summed E-state index contributed by atoms with van der Waals surface area (Å²) in [7, 11) is 2.06. The molecule has 92 valence electrons. The third-order valence-corrected chi connectivity index (χ3v) is 3.78. The van der Waals surface area contributed by atoms with Crippen molar-refractivity contribution in [2.45, 2.75) is 6.92 Å². The summed E-state index contributed by atoms with van der Waals surface area (Å²) in [6, 6.07) is 4.10. The van der Waals surface area contributed by atoms with Gasteiger partial charge in [-0.15, -0.1) is 0 Å². The van der Waals surface area contributed by atoms with Gasteiger partial charge in [-0.05, 0) is 50.9 Å². The average Bonchev–Trinajstić information content (AvgIpc) is 2.69. The van der Waals surface area contributed by atoms with Crippen molar-refractivity contribution in [3.05, 3.63) is 26.6 Å². The van der Waals surface area contributed by atoms with Crippen LogP contribution in [0.5, 0.6) is 5.75 Å². The van der Waals surface area contributed by atoms with Gasteiger partial charge >= 0.3 is 0 Å². The molecule has 3 nitrogen and oxygen atoms in total. The Morgan fingerprint density at radius 1 is 1.35 bits per heavy atom. The number of rotatable bonds is 3. The molecule has 1 heterocycles. The Morgan fingerprint density at radius 3 is 2.47 bits per heavy atom. The van der Waals surface area contributed by atoms with E-state index in [1.54, 1.807) is 0 Å². The van der Waals surface area contributed by atoms with Crippen LogP contribution in [0.4, 0.5) is 0 Å². The second-order valence-electron chi connectivity index (χ2n) is 3.83. The van der Waals surface area contributed by atoms with Crippen LogP contribution in [0.1, 0.15) is 12.5 Å². The molecule has 1 aromatic rings. The molecular weight excluding hydrogens is 348 g/mol. The topological polar surface area (TPSA) is 24.8 Å². The summed E-state index contributed by atoms with van der Waals surface area (Å²) in [5.41, 5.74) is 1.10. The number of hydrogen-bond donors (Lipinski definition) is 0. The van der Waals surface area contributed by atoms with Gasteiger partial charge in [0.25, 0.3) is 0 Å². The number of benzene rings is 1. The maximum absolute atomic E-state index is 5.56. The summed E-state index contributed by atoms with van der Waals surface area (Å²) in [4.78, 5) is 6.67. The molecule has 0 aromatic heterocycles. The van der Waals surface area contributed by atoms with Crippen LogP contribution in [0.3, 0.4) is 0 Å². The maximum Gasteiger partial charge on any atom is 0.147 e. The van der Waals surface area contributed by atoms with E-state index in [4.69, 9.17) is 4.74 Å². The van der Waals surface area contributed by atoms with E-state index in [1.807, 2.05) is 6.92 Å². The molecule has 0 saturated carbocycles. The zero-order valence-corrected chi connectivity index (χ0v) is 13.0. The first kappa shape index (κ1) is 12.9. The molecule has 0 unspecified atom stereocenters. The van der Waals surface area contributed by atoms with Gasteiger partial charge in [0, 0.05) is 19.2 Å². The molecule has 0 radical (unpaired) electrons. The van der Waals surface area contributed by atoms with Crippen LogP contribution in [0.25, 0.3) is 0 Å². The van der Waals surface area contributed by atoms with E-state index in [2.05, 4.69) is 60.9 Å². The molecule has 0 amide bonds. The minimum absolute atomic E-state index is 0.650. The molecule has 0 fully saturated rings. The highest BCUT2D eigenvalue weighted by Gasteiger charge is 2.17. The quantitative estimate of drug-likeness (QED) is 0.825. The third-order valence-electron chi connectivity index (χ3n) is 2.60. The van der Waals surface area contributed by atoms with Crippen molar-refractivity contribution < 1.29 is 4.74 Å². The first-order chi connectivity index (χ1) is 8.13. The molecule has 1 aromatic carbocycles. The van der Waals surface area contributed by atoms with Crippen molar-refractivity contribution in [3.63, 3.8) is 0 Å². The van der Waals surface area contributed by atoms with Crippen molar-refractivity contribution in [3.8, 4) is 5.75 Å². The fourth-order valence-corrected chi connectivity index (χ4v) is 3.23. The second kappa shape index (κ2) is 5.40. The van der Waals surface area contributed by atoms with E-state index < -0.39 is 0 Å². The van der Waals surface area contributed by atoms with Gasteiger partial charge in [0.15, 0.2) is 0 Å². The van der Waals surface area contributed by atoms with E-state index in [-0.39, 0.29) is 0 Å². The van der Waals surface area contributed by atoms with Gasteiger partial charge in [0.05, 0.1) is 22.1 Å². The fourth-order valence-electron chi connectivity index (χ4n) is 1.82. The number of nitrogens with zero attached hydrogens (tertiary/aromatic N) is 2. The molecule has 0 spiro atoms. The molecule has 0 bridgehead atoms. The Morgan fingerprint density at radius 2 is 2.00 bits per heavy atom. The summed E-state index contributed by atoms with van der Waals surface area (Å²) in [6.07, 6.45) is 0. The van der Waals surface area contributed by atoms with Crippen molar-refractivity contribution in [1.82, 2.24) is 4.90 Å². The molecule has 1 aliphatic rings. The van der Waals surface area contributed by atoms with Crippen LogP contribution in [-0.2, 0) is 0 Å². The number of ether oxygens (including phenoxy) is 1. The zero-order valence-electron chi connectivity index (χ0n) is 9.83. The molecule has 0 atom stereocenters. The number of halogens is 2. The molecule has 5 heteroatoms. The van der Waals surface area contributed by atoms with Gasteiger partial charge in [-0.25, -0.2) is 0 Å². The number of hydrogen-bond acceptors (Lipinski definition) is 3. The van der Waals surface area contributed by atoms with Crippen molar-refractivity contribution >= 4 is 37.7 Å². The number of aliphatic imine (C=N–C) groups is 1. The highest BCUT2D eigenvalue weighted by atomic mass is 79.9. The molecular formula is C12H14Br2N2O. The molecule has 0 N–H and O–H groups in total. The Bertz CT molecular complexity index is 437. The summed E-state index contributed by atoms with van der Waals surface area (Å²) in [5, 5.41) is 0. The van der Waals surface area contributed by atoms with Crippen LogP contribution >= 0.6 is 31.9 Å². The maximum atomic E-state index is 5.56. The monoisotopic (exact) mass is 360 g/mol. The van der Waals surface area contributed by atoms with E-state index in [1.165, 1.54) is 0 Å². The van der Waals surface area contributed by atoms with Crippen LogP contribution in [-0.4, -0.2) is 37.5 Å². The lowest BCUT2D eigenvalue weighted by Gasteiger charge is -2.16. The standard InChI is InChI=1S/C12H14Br2N2O/c1-3-17-11-9(13)6-8(7-10(11)14)12-15-4-5-16(12)2/h6-7H,3-5H2,1-2H3. The number of amidine groups is 1. The van der Waals surface area contributed by atoms with Gasteiger partial charge in [0.2, 0.25) is 0 Å². The predicted molar refractivity (Wildman–Crippen MR) is 77.0 cm³/mol. The fraction of sp³-hybridized carbons (Fsp3) is 0.417. The number of likely N-dealkylation sites (N-methyl/N-ethyl adjacent to an activating group) is 1. The summed E-state index contributed by atoms with van der Waals surface area (Å²) in [5.74, 6) is 1.88. The van der Waals surface area contributed by atoms with Gasteiger partial charge in [-0.3, -0.25) is 4.99 Å². The third kappa shape index (κ3) is 2.65. The van der Waals surface area contributed by atoms with E-state index >= 15 is 0 Å². The lowest BCUT2D eigenvalue weighted by molar-refractivity contribution is 0.336. The lowest BCUT2D eigenvalue weighted by Crippen LogP contribution is -2.23. The van der Waals surface area contributed by atoms with E-state index in [9.17, 15) is 0 Å². The Labute approximate surface area is 118 Å². The van der Waals surface area contributed by atoms with Crippen LogP contribution in [0.2, 0.25) is 0 Å². The largest absolute Gasteiger partial charge is 0.492 e. The molecule has 1 aliphatic heterocycles. The van der Waals surface area contributed by atoms with Crippen molar-refractivity contribution in [2.75, 3.05) is 26.7 Å². The van der Waals surface area contributed by atoms with Crippen LogP contribution in [0, 0.1) is 0 Å². The van der Waals surface area contributed by atoms with Gasteiger partial charge in [-0.1, -0.05) is 0 Å². The molecule has 0 aliphatic carbocycles. The highest BCUT2D eigenvalue weighted by Crippen LogP contribution is 2.35. The summed E-state index contributed by atoms with van der Waals surface area (Å²) < 4.78 is 7.47. The van der Waals surface area contributed by atoms with Crippen molar-refractivity contribution in [2.24, 2.45) is 4.99 Å². The lowest BCUT2D eigenvalue weighted by atomic mass is 10.2. The Kier molecular flexibility index (Phi) is 4.09. The van der Waals surface area contributed by atoms with Gasteiger partial charge in [0.1, 0.15) is 11.6 Å². The normalized spacial score (nSPS) is 15.1. The average molecular weight is 362 g/mol. The van der Waals surface area contributed by atoms with Gasteiger partial charge < -0.3 is 9.64 Å². The minimum atomic E-state index is 0.650. The first-order valence-corrected chi connectivity index (χ1v) is 7.10. The predicted octanol–water partition coefficient (Wildman–Crippen LogP) is 3.30. The SMILES string of the molecule is CCOc1c(Br)cc(C2=NCCN2C)cc1Br. The Balaban J connectivity index is 2.38. The zero-order chi connectivity index (χ0) is 12.4. The highest BCUT2D eigenvalue weighted by molar-refractivity contribution is 9.11. The first-order valence-electron chi connectivity index (χ1n) is 5.51. The van der Waals surface area contributed by atoms with Crippen LogP contribution < -0.4 is 4.74 Å². The van der Waals surface area contributed by atoms with E-state index in [0.717, 1.165) is 39.2 Å². The Hall–Kier alpha value is -0.550. The molecule has 17 heavy (non-hydrogen) atoms. The second-order valence-corrected chi connectivity index (χ2v) is 5.54.